The molecule has 2 aromatic carbocycles. The van der Waals surface area contributed by atoms with Crippen LogP contribution >= 0.6 is 15.9 Å². The van der Waals surface area contributed by atoms with Gasteiger partial charge in [0.1, 0.15) is 0 Å². The molecule has 0 saturated heterocycles. The lowest BCUT2D eigenvalue weighted by molar-refractivity contribution is -0.274. The molecule has 0 heterocycles. The predicted molar refractivity (Wildman–Crippen MR) is 75.3 cm³/mol. The standard InChI is InChI=1S/C14H8BrF3N2O/c15-10-7-9(8-19)5-6-11(10)20-12-3-1-2-4-13(12)21-14(16,17)18/h1-7,20H. The number of para-hydroxylation sites is 2. The highest BCUT2D eigenvalue weighted by atomic mass is 79.9. The first-order valence-corrected chi connectivity index (χ1v) is 6.50. The maximum Gasteiger partial charge on any atom is 0.573 e. The molecule has 0 fully saturated rings. The Morgan fingerprint density at radius 2 is 1.81 bits per heavy atom. The van der Waals surface area contributed by atoms with Crippen molar-refractivity contribution in [1.82, 2.24) is 0 Å². The van der Waals surface area contributed by atoms with Gasteiger partial charge in [-0.25, -0.2) is 0 Å². The van der Waals surface area contributed by atoms with E-state index in [-0.39, 0.29) is 11.4 Å². The summed E-state index contributed by atoms with van der Waals surface area (Å²) in [7, 11) is 0. The highest BCUT2D eigenvalue weighted by Gasteiger charge is 2.32. The molecule has 1 N–H and O–H groups in total. The Balaban J connectivity index is 2.30. The van der Waals surface area contributed by atoms with Crippen LogP contribution in [0.5, 0.6) is 5.75 Å². The number of alkyl halides is 3. The van der Waals surface area contributed by atoms with Crippen LogP contribution in [0, 0.1) is 11.3 Å². The molecule has 0 bridgehead atoms. The maximum absolute atomic E-state index is 12.3. The monoisotopic (exact) mass is 356 g/mol. The van der Waals surface area contributed by atoms with Gasteiger partial charge in [0.2, 0.25) is 0 Å². The average molecular weight is 357 g/mol. The van der Waals surface area contributed by atoms with Crippen molar-refractivity contribution in [3.63, 3.8) is 0 Å². The Labute approximate surface area is 127 Å². The fraction of sp³-hybridized carbons (Fsp3) is 0.0714. The van der Waals surface area contributed by atoms with E-state index in [0.29, 0.717) is 15.7 Å². The average Bonchev–Trinajstić information content (AvgIpc) is 2.41. The van der Waals surface area contributed by atoms with Gasteiger partial charge in [0.05, 0.1) is 23.0 Å². The van der Waals surface area contributed by atoms with Gasteiger partial charge in [0, 0.05) is 4.47 Å². The van der Waals surface area contributed by atoms with Crippen LogP contribution in [0.15, 0.2) is 46.9 Å². The minimum absolute atomic E-state index is 0.167. The number of nitrogens with zero attached hydrogens (tertiary/aromatic N) is 1. The second kappa shape index (κ2) is 6.06. The number of nitriles is 1. The van der Waals surface area contributed by atoms with Gasteiger partial charge in [-0.05, 0) is 46.3 Å². The molecule has 0 amide bonds. The van der Waals surface area contributed by atoms with Crippen LogP contribution in [0.3, 0.4) is 0 Å². The molecule has 0 saturated carbocycles. The van der Waals surface area contributed by atoms with Gasteiger partial charge in [-0.2, -0.15) is 5.26 Å². The fourth-order valence-corrected chi connectivity index (χ4v) is 2.09. The molecular formula is C14H8BrF3N2O. The Bertz CT molecular complexity index is 695. The van der Waals surface area contributed by atoms with Crippen molar-refractivity contribution in [2.45, 2.75) is 6.36 Å². The molecule has 0 aromatic heterocycles. The predicted octanol–water partition coefficient (Wildman–Crippen LogP) is 4.96. The van der Waals surface area contributed by atoms with Crippen molar-refractivity contribution in [3.05, 3.63) is 52.5 Å². The van der Waals surface area contributed by atoms with Crippen LogP contribution in [0.4, 0.5) is 24.5 Å². The number of ether oxygens (including phenoxy) is 1. The molecule has 0 aliphatic rings. The van der Waals surface area contributed by atoms with Crippen molar-refractivity contribution >= 4 is 27.3 Å². The van der Waals surface area contributed by atoms with E-state index in [1.165, 1.54) is 18.2 Å². The summed E-state index contributed by atoms with van der Waals surface area (Å²) in [6.45, 7) is 0. The first-order chi connectivity index (χ1) is 9.89. The molecule has 2 rings (SSSR count). The molecule has 7 heteroatoms. The second-order valence-electron chi connectivity index (χ2n) is 3.98. The lowest BCUT2D eigenvalue weighted by Crippen LogP contribution is -2.17. The SMILES string of the molecule is N#Cc1ccc(Nc2ccccc2OC(F)(F)F)c(Br)c1. The number of hydrogen-bond acceptors (Lipinski definition) is 3. The molecule has 108 valence electrons. The number of rotatable bonds is 3. The zero-order chi connectivity index (χ0) is 15.5. The lowest BCUT2D eigenvalue weighted by atomic mass is 10.2. The molecule has 21 heavy (non-hydrogen) atoms. The maximum atomic E-state index is 12.3. The topological polar surface area (TPSA) is 45.0 Å². The lowest BCUT2D eigenvalue weighted by Gasteiger charge is -2.15. The van der Waals surface area contributed by atoms with E-state index in [9.17, 15) is 13.2 Å². The van der Waals surface area contributed by atoms with Crippen LogP contribution in [-0.4, -0.2) is 6.36 Å². The second-order valence-corrected chi connectivity index (χ2v) is 4.83. The van der Waals surface area contributed by atoms with Crippen molar-refractivity contribution in [1.29, 1.82) is 5.26 Å². The van der Waals surface area contributed by atoms with E-state index in [1.807, 2.05) is 6.07 Å². The van der Waals surface area contributed by atoms with Gasteiger partial charge in [0.15, 0.2) is 5.75 Å². The smallest absolute Gasteiger partial charge is 0.404 e. The summed E-state index contributed by atoms with van der Waals surface area (Å²) < 4.78 is 41.5. The summed E-state index contributed by atoms with van der Waals surface area (Å²) >= 11 is 3.25. The summed E-state index contributed by atoms with van der Waals surface area (Å²) in [4.78, 5) is 0. The molecule has 3 nitrogen and oxygen atoms in total. The molecule has 0 atom stereocenters. The van der Waals surface area contributed by atoms with E-state index >= 15 is 0 Å². The Hall–Kier alpha value is -2.20. The van der Waals surface area contributed by atoms with E-state index in [2.05, 4.69) is 26.0 Å². The van der Waals surface area contributed by atoms with Gasteiger partial charge in [0.25, 0.3) is 0 Å². The van der Waals surface area contributed by atoms with Gasteiger partial charge < -0.3 is 10.1 Å². The van der Waals surface area contributed by atoms with E-state index in [0.717, 1.165) is 0 Å². The summed E-state index contributed by atoms with van der Waals surface area (Å²) in [6.07, 6.45) is -4.76. The number of nitrogens with one attached hydrogen (secondary N) is 1. The van der Waals surface area contributed by atoms with Crippen LogP contribution in [0.1, 0.15) is 5.56 Å². The molecule has 0 aliphatic carbocycles. The highest BCUT2D eigenvalue weighted by molar-refractivity contribution is 9.10. The highest BCUT2D eigenvalue weighted by Crippen LogP contribution is 2.34. The van der Waals surface area contributed by atoms with Crippen LogP contribution in [-0.2, 0) is 0 Å². The molecule has 0 aliphatic heterocycles. The Morgan fingerprint density at radius 3 is 2.43 bits per heavy atom. The van der Waals surface area contributed by atoms with Crippen molar-refractivity contribution in [2.24, 2.45) is 0 Å². The summed E-state index contributed by atoms with van der Waals surface area (Å²) in [5.41, 5.74) is 1.12. The van der Waals surface area contributed by atoms with E-state index in [1.54, 1.807) is 24.3 Å². The minimum Gasteiger partial charge on any atom is -0.404 e. The largest absolute Gasteiger partial charge is 0.573 e. The van der Waals surface area contributed by atoms with Gasteiger partial charge in [-0.15, -0.1) is 13.2 Å². The first kappa shape index (κ1) is 15.2. The van der Waals surface area contributed by atoms with Crippen LogP contribution in [0.2, 0.25) is 0 Å². The molecule has 0 radical (unpaired) electrons. The first-order valence-electron chi connectivity index (χ1n) is 5.70. The van der Waals surface area contributed by atoms with Gasteiger partial charge in [-0.3, -0.25) is 0 Å². The molecule has 2 aromatic rings. The van der Waals surface area contributed by atoms with Crippen molar-refractivity contribution in [2.75, 3.05) is 5.32 Å². The minimum atomic E-state index is -4.76. The van der Waals surface area contributed by atoms with Gasteiger partial charge in [-0.1, -0.05) is 12.1 Å². The summed E-state index contributed by atoms with van der Waals surface area (Å²) in [5, 5.41) is 11.6. The van der Waals surface area contributed by atoms with Crippen LogP contribution in [0.25, 0.3) is 0 Å². The quantitative estimate of drug-likeness (QED) is 0.844. The Kier molecular flexibility index (Phi) is 4.38. The number of halogens is 4. The van der Waals surface area contributed by atoms with Crippen molar-refractivity contribution in [3.8, 4) is 11.8 Å². The number of hydrogen-bond donors (Lipinski definition) is 1. The third-order valence-corrected chi connectivity index (χ3v) is 3.14. The zero-order valence-corrected chi connectivity index (χ0v) is 12.0. The number of benzene rings is 2. The van der Waals surface area contributed by atoms with Gasteiger partial charge >= 0.3 is 6.36 Å². The third-order valence-electron chi connectivity index (χ3n) is 2.48. The van der Waals surface area contributed by atoms with Crippen LogP contribution < -0.4 is 10.1 Å². The third kappa shape index (κ3) is 4.13. The molecular weight excluding hydrogens is 349 g/mol. The van der Waals surface area contributed by atoms with E-state index < -0.39 is 6.36 Å². The zero-order valence-electron chi connectivity index (χ0n) is 10.4. The number of anilines is 2. The summed E-state index contributed by atoms with van der Waals surface area (Å²) in [5.74, 6) is -0.332. The normalized spacial score (nSPS) is 10.8. The molecule has 0 unspecified atom stereocenters. The molecule has 0 spiro atoms. The summed E-state index contributed by atoms with van der Waals surface area (Å²) in [6, 6.07) is 12.4. The Morgan fingerprint density at radius 1 is 1.10 bits per heavy atom. The van der Waals surface area contributed by atoms with Crippen molar-refractivity contribution < 1.29 is 17.9 Å². The fourth-order valence-electron chi connectivity index (χ4n) is 1.61. The van der Waals surface area contributed by atoms with E-state index in [4.69, 9.17) is 5.26 Å².